The number of hydrogen-bond acceptors (Lipinski definition) is 3. The highest BCUT2D eigenvalue weighted by atomic mass is 32.2. The van der Waals surface area contributed by atoms with Gasteiger partial charge in [0.2, 0.25) is 0 Å². The summed E-state index contributed by atoms with van der Waals surface area (Å²) in [6.07, 6.45) is 1.71. The molecule has 1 fully saturated rings. The summed E-state index contributed by atoms with van der Waals surface area (Å²) in [5.41, 5.74) is 0. The van der Waals surface area contributed by atoms with Crippen LogP contribution in [-0.4, -0.2) is 26.8 Å². The monoisotopic (exact) mass is 225 g/mol. The van der Waals surface area contributed by atoms with Crippen LogP contribution in [0.25, 0.3) is 0 Å². The average Bonchev–Trinajstić information content (AvgIpc) is 2.31. The van der Waals surface area contributed by atoms with Crippen molar-refractivity contribution in [2.45, 2.75) is 23.0 Å². The van der Waals surface area contributed by atoms with E-state index in [1.54, 1.807) is 24.3 Å². The second kappa shape index (κ2) is 4.33. The van der Waals surface area contributed by atoms with Gasteiger partial charge in [0, 0.05) is 6.54 Å². The van der Waals surface area contributed by atoms with E-state index in [0.717, 1.165) is 19.4 Å². The zero-order valence-corrected chi connectivity index (χ0v) is 9.33. The third-order valence-electron chi connectivity index (χ3n) is 2.76. The van der Waals surface area contributed by atoms with Crippen LogP contribution in [0.5, 0.6) is 0 Å². The molecule has 0 aliphatic carbocycles. The zero-order valence-electron chi connectivity index (χ0n) is 8.52. The van der Waals surface area contributed by atoms with E-state index in [-0.39, 0.29) is 5.25 Å². The number of benzene rings is 1. The van der Waals surface area contributed by atoms with Crippen LogP contribution < -0.4 is 5.32 Å². The van der Waals surface area contributed by atoms with Crippen molar-refractivity contribution in [2.24, 2.45) is 0 Å². The Balaban J connectivity index is 2.26. The first kappa shape index (κ1) is 10.6. The van der Waals surface area contributed by atoms with Gasteiger partial charge >= 0.3 is 0 Å². The van der Waals surface area contributed by atoms with Crippen LogP contribution in [-0.2, 0) is 9.84 Å². The summed E-state index contributed by atoms with van der Waals surface area (Å²) in [6.45, 7) is 1.51. The summed E-state index contributed by atoms with van der Waals surface area (Å²) in [5.74, 6) is 0. The van der Waals surface area contributed by atoms with E-state index in [1.165, 1.54) is 0 Å². The fourth-order valence-corrected chi connectivity index (χ4v) is 3.62. The van der Waals surface area contributed by atoms with Crippen LogP contribution in [0, 0.1) is 0 Å². The summed E-state index contributed by atoms with van der Waals surface area (Å²) in [7, 11) is -3.12. The van der Waals surface area contributed by atoms with E-state index in [2.05, 4.69) is 5.32 Å². The second-order valence-corrected chi connectivity index (χ2v) is 6.05. The number of sulfone groups is 1. The SMILES string of the molecule is O=S(=O)(c1ccccc1)C1CCCNC1. The van der Waals surface area contributed by atoms with Crippen molar-refractivity contribution < 1.29 is 8.42 Å². The minimum Gasteiger partial charge on any atom is -0.315 e. The maximum Gasteiger partial charge on any atom is 0.182 e. The van der Waals surface area contributed by atoms with Crippen LogP contribution in [0.3, 0.4) is 0 Å². The lowest BCUT2D eigenvalue weighted by Gasteiger charge is -2.22. The molecule has 15 heavy (non-hydrogen) atoms. The lowest BCUT2D eigenvalue weighted by Crippen LogP contribution is -2.38. The maximum absolute atomic E-state index is 12.1. The first-order chi connectivity index (χ1) is 7.21. The minimum atomic E-state index is -3.12. The van der Waals surface area contributed by atoms with Crippen molar-refractivity contribution in [3.05, 3.63) is 30.3 Å². The van der Waals surface area contributed by atoms with Gasteiger partial charge in [-0.2, -0.15) is 0 Å². The molecule has 1 atom stereocenters. The van der Waals surface area contributed by atoms with E-state index < -0.39 is 9.84 Å². The summed E-state index contributed by atoms with van der Waals surface area (Å²) >= 11 is 0. The van der Waals surface area contributed by atoms with Crippen LogP contribution in [0.15, 0.2) is 35.2 Å². The van der Waals surface area contributed by atoms with E-state index >= 15 is 0 Å². The van der Waals surface area contributed by atoms with Crippen molar-refractivity contribution in [3.8, 4) is 0 Å². The number of rotatable bonds is 2. The van der Waals surface area contributed by atoms with Gasteiger partial charge in [0.05, 0.1) is 10.1 Å². The standard InChI is InChI=1S/C11H15NO2S/c13-15(14,10-5-2-1-3-6-10)11-7-4-8-12-9-11/h1-3,5-6,11-12H,4,7-9H2. The molecule has 0 bridgehead atoms. The second-order valence-electron chi connectivity index (χ2n) is 3.83. The van der Waals surface area contributed by atoms with Gasteiger partial charge in [-0.15, -0.1) is 0 Å². The van der Waals surface area contributed by atoms with Gasteiger partial charge in [0.15, 0.2) is 9.84 Å². The Labute approximate surface area is 90.4 Å². The first-order valence-corrected chi connectivity index (χ1v) is 6.75. The molecule has 0 radical (unpaired) electrons. The molecule has 4 heteroatoms. The van der Waals surface area contributed by atoms with Crippen molar-refractivity contribution in [1.29, 1.82) is 0 Å². The Morgan fingerprint density at radius 3 is 2.53 bits per heavy atom. The zero-order chi connectivity index (χ0) is 10.7. The fraction of sp³-hybridized carbons (Fsp3) is 0.455. The van der Waals surface area contributed by atoms with Gasteiger partial charge in [0.25, 0.3) is 0 Å². The Hall–Kier alpha value is -0.870. The lowest BCUT2D eigenvalue weighted by molar-refractivity contribution is 0.497. The van der Waals surface area contributed by atoms with Crippen molar-refractivity contribution >= 4 is 9.84 Å². The smallest absolute Gasteiger partial charge is 0.182 e. The molecular formula is C11H15NO2S. The molecule has 1 saturated heterocycles. The maximum atomic E-state index is 12.1. The molecule has 0 saturated carbocycles. The molecule has 82 valence electrons. The lowest BCUT2D eigenvalue weighted by atomic mass is 10.2. The van der Waals surface area contributed by atoms with E-state index in [9.17, 15) is 8.42 Å². The molecule has 3 nitrogen and oxygen atoms in total. The molecule has 2 rings (SSSR count). The Morgan fingerprint density at radius 1 is 1.20 bits per heavy atom. The molecule has 1 aliphatic heterocycles. The third kappa shape index (κ3) is 2.21. The largest absolute Gasteiger partial charge is 0.315 e. The quantitative estimate of drug-likeness (QED) is 0.823. The number of piperidine rings is 1. The molecule has 0 aromatic heterocycles. The van der Waals surface area contributed by atoms with Crippen molar-refractivity contribution in [1.82, 2.24) is 5.32 Å². The molecule has 1 unspecified atom stereocenters. The van der Waals surface area contributed by atoms with E-state index in [0.29, 0.717) is 11.4 Å². The molecule has 1 aliphatic rings. The summed E-state index contributed by atoms with van der Waals surface area (Å²) < 4.78 is 24.3. The van der Waals surface area contributed by atoms with Gasteiger partial charge in [-0.25, -0.2) is 8.42 Å². The van der Waals surface area contributed by atoms with Gasteiger partial charge in [-0.05, 0) is 31.5 Å². The predicted octanol–water partition coefficient (Wildman–Crippen LogP) is 1.21. The highest BCUT2D eigenvalue weighted by Crippen LogP contribution is 2.20. The number of hydrogen-bond donors (Lipinski definition) is 1. The minimum absolute atomic E-state index is 0.256. The van der Waals surface area contributed by atoms with Gasteiger partial charge in [0.1, 0.15) is 0 Å². The topological polar surface area (TPSA) is 46.2 Å². The van der Waals surface area contributed by atoms with Gasteiger partial charge in [-0.1, -0.05) is 18.2 Å². The van der Waals surface area contributed by atoms with Crippen LogP contribution in [0.4, 0.5) is 0 Å². The first-order valence-electron chi connectivity index (χ1n) is 5.21. The Kier molecular flexibility index (Phi) is 3.07. The van der Waals surface area contributed by atoms with Gasteiger partial charge < -0.3 is 5.32 Å². The average molecular weight is 225 g/mol. The molecule has 1 heterocycles. The molecule has 1 aromatic carbocycles. The van der Waals surface area contributed by atoms with Crippen LogP contribution in [0.2, 0.25) is 0 Å². The third-order valence-corrected chi connectivity index (χ3v) is 4.97. The molecule has 1 N–H and O–H groups in total. The summed E-state index contributed by atoms with van der Waals surface area (Å²) in [4.78, 5) is 0.443. The Morgan fingerprint density at radius 2 is 1.93 bits per heavy atom. The summed E-state index contributed by atoms with van der Waals surface area (Å²) in [6, 6.07) is 8.71. The van der Waals surface area contributed by atoms with Crippen molar-refractivity contribution in [3.63, 3.8) is 0 Å². The fourth-order valence-electron chi connectivity index (χ4n) is 1.89. The van der Waals surface area contributed by atoms with E-state index in [1.807, 2.05) is 6.07 Å². The van der Waals surface area contributed by atoms with Crippen LogP contribution in [0.1, 0.15) is 12.8 Å². The molecule has 0 amide bonds. The van der Waals surface area contributed by atoms with Crippen LogP contribution >= 0.6 is 0 Å². The molecule has 1 aromatic rings. The highest BCUT2D eigenvalue weighted by molar-refractivity contribution is 7.92. The molecular weight excluding hydrogens is 210 g/mol. The Bertz CT molecular complexity index is 407. The van der Waals surface area contributed by atoms with Crippen molar-refractivity contribution in [2.75, 3.05) is 13.1 Å². The number of nitrogens with one attached hydrogen (secondary N) is 1. The van der Waals surface area contributed by atoms with E-state index in [4.69, 9.17) is 0 Å². The summed E-state index contributed by atoms with van der Waals surface area (Å²) in [5, 5.41) is 2.88. The van der Waals surface area contributed by atoms with Gasteiger partial charge in [-0.3, -0.25) is 0 Å². The molecule has 0 spiro atoms. The predicted molar refractivity (Wildman–Crippen MR) is 59.5 cm³/mol. The normalized spacial score (nSPS) is 22.5. The highest BCUT2D eigenvalue weighted by Gasteiger charge is 2.28.